The molecular formula is C30H35ClFN7O3. The van der Waals surface area contributed by atoms with Crippen LogP contribution in [0.1, 0.15) is 63.4 Å². The fraction of sp³-hybridized carbons (Fsp3) is 0.400. The lowest BCUT2D eigenvalue weighted by atomic mass is 10.00. The van der Waals surface area contributed by atoms with Gasteiger partial charge in [-0.1, -0.05) is 45.4 Å². The molecule has 0 aliphatic carbocycles. The number of halogens is 2. The molecular weight excluding hydrogens is 561 g/mol. The van der Waals surface area contributed by atoms with Crippen molar-refractivity contribution in [3.8, 4) is 17.0 Å². The number of aliphatic imine (C=N–C) groups is 1. The highest BCUT2D eigenvalue weighted by atomic mass is 35.5. The first kappa shape index (κ1) is 30.8. The van der Waals surface area contributed by atoms with Crippen LogP contribution < -0.4 is 4.90 Å². The molecule has 1 saturated heterocycles. The van der Waals surface area contributed by atoms with Gasteiger partial charge in [-0.3, -0.25) is 19.5 Å². The highest BCUT2D eigenvalue weighted by Gasteiger charge is 2.33. The van der Waals surface area contributed by atoms with Crippen molar-refractivity contribution in [3.63, 3.8) is 0 Å². The summed E-state index contributed by atoms with van der Waals surface area (Å²) in [6, 6.07) is 5.38. The first-order chi connectivity index (χ1) is 20.0. The fourth-order valence-corrected chi connectivity index (χ4v) is 5.50. The van der Waals surface area contributed by atoms with Gasteiger partial charge in [-0.15, -0.1) is 0 Å². The molecule has 12 heteroatoms. The summed E-state index contributed by atoms with van der Waals surface area (Å²) in [6.07, 6.45) is 2.92. The van der Waals surface area contributed by atoms with Crippen molar-refractivity contribution < 1.29 is 19.1 Å². The molecule has 3 aromatic rings. The van der Waals surface area contributed by atoms with Crippen LogP contribution in [-0.4, -0.2) is 81.2 Å². The number of nitrogens with zero attached hydrogens (tertiary/aromatic N) is 7. The Morgan fingerprint density at radius 1 is 1.17 bits per heavy atom. The maximum absolute atomic E-state index is 15.1. The van der Waals surface area contributed by atoms with Gasteiger partial charge in [-0.25, -0.2) is 19.3 Å². The number of aromatic hydroxyl groups is 1. The second-order valence-electron chi connectivity index (χ2n) is 10.8. The van der Waals surface area contributed by atoms with Crippen LogP contribution >= 0.6 is 11.6 Å². The van der Waals surface area contributed by atoms with Gasteiger partial charge in [-0.05, 0) is 37.0 Å². The molecule has 1 atom stereocenters. The summed E-state index contributed by atoms with van der Waals surface area (Å²) >= 11 is 6.76. The topological polar surface area (TPSA) is 115 Å². The Balaban J connectivity index is 2.05. The highest BCUT2D eigenvalue weighted by molar-refractivity contribution is 6.33. The molecule has 1 aliphatic rings. The Labute approximate surface area is 249 Å². The van der Waals surface area contributed by atoms with Crippen molar-refractivity contribution in [2.24, 2.45) is 4.99 Å². The Morgan fingerprint density at radius 2 is 1.83 bits per heavy atom. The van der Waals surface area contributed by atoms with Crippen LogP contribution in [0.2, 0.25) is 5.02 Å². The largest absolute Gasteiger partial charge is 0.507 e. The number of carbonyl (C=O) groups is 2. The summed E-state index contributed by atoms with van der Waals surface area (Å²) in [5.74, 6) is -0.622. The standard InChI is InChI=1S/C30H35ClFN7O3/c1-17(2)25-28(26(18(3)4)35-14-34-25)39(16-41)30-20(29(33-6)38-11-10-37(15-40)13-19(38)5)12-21(31)27(36-30)24-22(32)8-7-9-23(24)42/h7-9,12,14-19,42H,10-11,13H2,1-6H3. The van der Waals surface area contributed by atoms with E-state index in [1.54, 1.807) is 18.0 Å². The molecule has 2 amide bonds. The van der Waals surface area contributed by atoms with Gasteiger partial charge in [0, 0.05) is 32.7 Å². The third-order valence-electron chi connectivity index (χ3n) is 7.26. The monoisotopic (exact) mass is 595 g/mol. The molecule has 0 spiro atoms. The van der Waals surface area contributed by atoms with Gasteiger partial charge >= 0.3 is 0 Å². The van der Waals surface area contributed by atoms with Crippen LogP contribution in [0, 0.1) is 5.82 Å². The number of anilines is 2. The predicted molar refractivity (Wildman–Crippen MR) is 161 cm³/mol. The minimum Gasteiger partial charge on any atom is -0.507 e. The van der Waals surface area contributed by atoms with Gasteiger partial charge in [0.2, 0.25) is 12.8 Å². The van der Waals surface area contributed by atoms with Gasteiger partial charge in [-0.2, -0.15) is 0 Å². The summed E-state index contributed by atoms with van der Waals surface area (Å²) in [7, 11) is 1.62. The zero-order valence-electron chi connectivity index (χ0n) is 24.5. The second kappa shape index (κ2) is 12.8. The Kier molecular flexibility index (Phi) is 9.40. The molecule has 222 valence electrons. The molecule has 0 bridgehead atoms. The normalized spacial score (nSPS) is 15.9. The van der Waals surface area contributed by atoms with Gasteiger partial charge in [0.05, 0.1) is 38.9 Å². The van der Waals surface area contributed by atoms with Crippen LogP contribution in [0.4, 0.5) is 15.9 Å². The molecule has 0 radical (unpaired) electrons. The number of phenols is 1. The zero-order valence-corrected chi connectivity index (χ0v) is 25.3. The molecule has 3 heterocycles. The predicted octanol–water partition coefficient (Wildman–Crippen LogP) is 5.12. The average molecular weight is 596 g/mol. The van der Waals surface area contributed by atoms with E-state index in [1.165, 1.54) is 29.4 Å². The minimum absolute atomic E-state index is 0.0406. The Morgan fingerprint density at radius 3 is 2.36 bits per heavy atom. The second-order valence-corrected chi connectivity index (χ2v) is 11.2. The lowest BCUT2D eigenvalue weighted by molar-refractivity contribution is -0.120. The van der Waals surface area contributed by atoms with Crippen molar-refractivity contribution in [2.75, 3.05) is 31.6 Å². The van der Waals surface area contributed by atoms with E-state index in [2.05, 4.69) is 15.0 Å². The maximum Gasteiger partial charge on any atom is 0.220 e. The number of aromatic nitrogens is 3. The van der Waals surface area contributed by atoms with E-state index in [0.29, 0.717) is 54.5 Å². The van der Waals surface area contributed by atoms with E-state index in [1.807, 2.05) is 39.5 Å². The van der Waals surface area contributed by atoms with E-state index < -0.39 is 5.82 Å². The molecule has 1 aromatic carbocycles. The number of phenolic OH excluding ortho intramolecular Hbond substituents is 1. The van der Waals surface area contributed by atoms with E-state index in [0.717, 1.165) is 6.41 Å². The summed E-state index contributed by atoms with van der Waals surface area (Å²) in [5, 5.41) is 10.7. The van der Waals surface area contributed by atoms with E-state index >= 15 is 4.39 Å². The number of amides is 2. The zero-order chi connectivity index (χ0) is 30.7. The summed E-state index contributed by atoms with van der Waals surface area (Å²) < 4.78 is 15.1. The lowest BCUT2D eigenvalue weighted by Gasteiger charge is -2.40. The van der Waals surface area contributed by atoms with Crippen molar-refractivity contribution in [3.05, 3.63) is 58.4 Å². The van der Waals surface area contributed by atoms with Crippen molar-refractivity contribution in [1.29, 1.82) is 0 Å². The molecule has 1 aliphatic heterocycles. The first-order valence-electron chi connectivity index (χ1n) is 13.7. The number of pyridine rings is 1. The highest BCUT2D eigenvalue weighted by Crippen LogP contribution is 2.42. The third kappa shape index (κ3) is 5.78. The Bertz CT molecular complexity index is 1470. The molecule has 1 N–H and O–H groups in total. The number of rotatable bonds is 8. The minimum atomic E-state index is -0.725. The SMILES string of the molecule is CN=C(c1cc(Cl)c(-c2c(O)cccc2F)nc1N(C=O)c1c(C(C)C)ncnc1C(C)C)N1CCN(C=O)CC1C. The summed E-state index contributed by atoms with van der Waals surface area (Å²) in [5.41, 5.74) is 1.90. The average Bonchev–Trinajstić information content (AvgIpc) is 2.95. The third-order valence-corrected chi connectivity index (χ3v) is 7.55. The van der Waals surface area contributed by atoms with Gasteiger partial charge in [0.25, 0.3) is 0 Å². The van der Waals surface area contributed by atoms with Crippen LogP contribution in [-0.2, 0) is 9.59 Å². The lowest BCUT2D eigenvalue weighted by Crippen LogP contribution is -2.53. The molecule has 0 saturated carbocycles. The molecule has 1 fully saturated rings. The van der Waals surface area contributed by atoms with Crippen molar-refractivity contribution in [1.82, 2.24) is 24.8 Å². The summed E-state index contributed by atoms with van der Waals surface area (Å²) in [6.45, 7) is 11.2. The van der Waals surface area contributed by atoms with Crippen LogP contribution in [0.25, 0.3) is 11.3 Å². The number of piperazine rings is 1. The fourth-order valence-electron chi connectivity index (χ4n) is 5.26. The molecule has 10 nitrogen and oxygen atoms in total. The molecule has 2 aromatic heterocycles. The molecule has 4 rings (SSSR count). The smallest absolute Gasteiger partial charge is 0.220 e. The number of benzene rings is 1. The van der Waals surface area contributed by atoms with Gasteiger partial charge < -0.3 is 14.9 Å². The van der Waals surface area contributed by atoms with Gasteiger partial charge in [0.15, 0.2) is 5.82 Å². The van der Waals surface area contributed by atoms with E-state index in [9.17, 15) is 14.7 Å². The number of carbonyl (C=O) groups excluding carboxylic acids is 2. The van der Waals surface area contributed by atoms with Crippen LogP contribution in [0.3, 0.4) is 0 Å². The first-order valence-corrected chi connectivity index (χ1v) is 14.1. The maximum atomic E-state index is 15.1. The number of hydrogen-bond donors (Lipinski definition) is 1. The van der Waals surface area contributed by atoms with Crippen molar-refractivity contribution in [2.45, 2.75) is 52.5 Å². The van der Waals surface area contributed by atoms with Gasteiger partial charge in [0.1, 0.15) is 23.7 Å². The van der Waals surface area contributed by atoms with Crippen molar-refractivity contribution >= 4 is 41.8 Å². The molecule has 42 heavy (non-hydrogen) atoms. The number of hydrogen-bond acceptors (Lipinski definition) is 7. The van der Waals surface area contributed by atoms with E-state index in [-0.39, 0.29) is 45.7 Å². The van der Waals surface area contributed by atoms with Crippen LogP contribution in [0.15, 0.2) is 35.6 Å². The van der Waals surface area contributed by atoms with Crippen LogP contribution in [0.5, 0.6) is 5.75 Å². The summed E-state index contributed by atoms with van der Waals surface area (Å²) in [4.78, 5) is 48.0. The quantitative estimate of drug-likeness (QED) is 0.218. The Hall–Kier alpha value is -4.12. The number of amidine groups is 1. The van der Waals surface area contributed by atoms with E-state index in [4.69, 9.17) is 16.6 Å². The molecule has 1 unspecified atom stereocenters.